The first kappa shape index (κ1) is 14.3. The first-order chi connectivity index (χ1) is 10.8. The third-order valence-corrected chi connectivity index (χ3v) is 3.24. The molecule has 0 bridgehead atoms. The van der Waals surface area contributed by atoms with Crippen LogP contribution < -0.4 is 4.74 Å². The van der Waals surface area contributed by atoms with Crippen LogP contribution in [0.1, 0.15) is 17.0 Å². The standard InChI is InChI=1S/C17H16N2O3/c1-12-16(11-21-15-7-13(10-20)8-18-9-15)19-17(22-12)14-5-3-2-4-6-14/h2-9,20H,10-11H2,1H3. The lowest BCUT2D eigenvalue weighted by Gasteiger charge is -2.05. The van der Waals surface area contributed by atoms with Gasteiger partial charge in [0.2, 0.25) is 5.89 Å². The summed E-state index contributed by atoms with van der Waals surface area (Å²) in [4.78, 5) is 8.49. The third kappa shape index (κ3) is 3.15. The fourth-order valence-electron chi connectivity index (χ4n) is 2.05. The van der Waals surface area contributed by atoms with Gasteiger partial charge in [0.05, 0.1) is 12.8 Å². The molecule has 22 heavy (non-hydrogen) atoms. The van der Waals surface area contributed by atoms with Gasteiger partial charge in [-0.2, -0.15) is 0 Å². The molecule has 5 heteroatoms. The van der Waals surface area contributed by atoms with Crippen LogP contribution in [0.2, 0.25) is 0 Å². The molecule has 0 saturated heterocycles. The Kier molecular flexibility index (Phi) is 4.16. The third-order valence-electron chi connectivity index (χ3n) is 3.24. The first-order valence-electron chi connectivity index (χ1n) is 6.95. The normalized spacial score (nSPS) is 10.6. The van der Waals surface area contributed by atoms with E-state index in [1.54, 1.807) is 18.5 Å². The van der Waals surface area contributed by atoms with Crippen LogP contribution in [0.4, 0.5) is 0 Å². The Morgan fingerprint density at radius 1 is 1.18 bits per heavy atom. The molecule has 0 spiro atoms. The van der Waals surface area contributed by atoms with E-state index in [0.29, 0.717) is 23.8 Å². The summed E-state index contributed by atoms with van der Waals surface area (Å²) < 4.78 is 11.4. The largest absolute Gasteiger partial charge is 0.486 e. The summed E-state index contributed by atoms with van der Waals surface area (Å²) in [6.45, 7) is 2.09. The van der Waals surface area contributed by atoms with Gasteiger partial charge in [-0.15, -0.1) is 0 Å². The number of aryl methyl sites for hydroxylation is 1. The smallest absolute Gasteiger partial charge is 0.226 e. The van der Waals surface area contributed by atoms with Gasteiger partial charge in [0, 0.05) is 11.8 Å². The number of oxazole rings is 1. The van der Waals surface area contributed by atoms with Crippen LogP contribution in [-0.4, -0.2) is 15.1 Å². The highest BCUT2D eigenvalue weighted by Gasteiger charge is 2.12. The van der Waals surface area contributed by atoms with Crippen molar-refractivity contribution in [2.24, 2.45) is 0 Å². The number of aromatic nitrogens is 2. The van der Waals surface area contributed by atoms with E-state index in [9.17, 15) is 0 Å². The van der Waals surface area contributed by atoms with E-state index in [-0.39, 0.29) is 6.61 Å². The molecule has 0 saturated carbocycles. The molecule has 0 radical (unpaired) electrons. The van der Waals surface area contributed by atoms with Gasteiger partial charge in [0.1, 0.15) is 23.8 Å². The monoisotopic (exact) mass is 296 g/mol. The van der Waals surface area contributed by atoms with Gasteiger partial charge >= 0.3 is 0 Å². The molecule has 0 atom stereocenters. The molecular formula is C17H16N2O3. The van der Waals surface area contributed by atoms with E-state index >= 15 is 0 Å². The van der Waals surface area contributed by atoms with E-state index in [0.717, 1.165) is 17.0 Å². The molecule has 1 aromatic carbocycles. The summed E-state index contributed by atoms with van der Waals surface area (Å²) in [6.07, 6.45) is 3.20. The molecule has 2 aromatic heterocycles. The van der Waals surface area contributed by atoms with Crippen molar-refractivity contribution in [1.82, 2.24) is 9.97 Å². The predicted octanol–water partition coefficient (Wildman–Crippen LogP) is 3.12. The molecule has 1 N–H and O–H groups in total. The molecule has 112 valence electrons. The van der Waals surface area contributed by atoms with Crippen molar-refractivity contribution in [2.45, 2.75) is 20.1 Å². The van der Waals surface area contributed by atoms with Gasteiger partial charge in [-0.1, -0.05) is 18.2 Å². The Bertz CT molecular complexity index is 754. The number of nitrogens with zero attached hydrogens (tertiary/aromatic N) is 2. The number of aliphatic hydroxyl groups excluding tert-OH is 1. The van der Waals surface area contributed by atoms with Crippen LogP contribution in [0, 0.1) is 6.92 Å². The Hall–Kier alpha value is -2.66. The Morgan fingerprint density at radius 2 is 2.00 bits per heavy atom. The van der Waals surface area contributed by atoms with Crippen LogP contribution in [0.15, 0.2) is 53.2 Å². The van der Waals surface area contributed by atoms with Gasteiger partial charge in [0.25, 0.3) is 0 Å². The molecule has 0 aliphatic carbocycles. The topological polar surface area (TPSA) is 68.4 Å². The second kappa shape index (κ2) is 6.41. The molecule has 2 heterocycles. The highest BCUT2D eigenvalue weighted by atomic mass is 16.5. The van der Waals surface area contributed by atoms with Crippen molar-refractivity contribution in [3.8, 4) is 17.2 Å². The second-order valence-corrected chi connectivity index (χ2v) is 4.86. The zero-order chi connectivity index (χ0) is 15.4. The predicted molar refractivity (Wildman–Crippen MR) is 81.2 cm³/mol. The molecule has 0 amide bonds. The lowest BCUT2D eigenvalue weighted by atomic mass is 10.2. The number of benzene rings is 1. The number of pyridine rings is 1. The summed E-state index contributed by atoms with van der Waals surface area (Å²) >= 11 is 0. The molecule has 5 nitrogen and oxygen atoms in total. The van der Waals surface area contributed by atoms with Crippen molar-refractivity contribution >= 4 is 0 Å². The molecule has 3 rings (SSSR count). The van der Waals surface area contributed by atoms with Crippen LogP contribution in [0.5, 0.6) is 5.75 Å². The van der Waals surface area contributed by atoms with Crippen LogP contribution in [-0.2, 0) is 13.2 Å². The maximum absolute atomic E-state index is 9.10. The quantitative estimate of drug-likeness (QED) is 0.783. The minimum absolute atomic E-state index is 0.0641. The number of aliphatic hydroxyl groups is 1. The molecule has 0 fully saturated rings. The number of rotatable bonds is 5. The fraction of sp³-hybridized carbons (Fsp3) is 0.176. The minimum atomic E-state index is -0.0641. The van der Waals surface area contributed by atoms with Crippen molar-refractivity contribution in [1.29, 1.82) is 0 Å². The number of hydrogen-bond donors (Lipinski definition) is 1. The van der Waals surface area contributed by atoms with Crippen LogP contribution >= 0.6 is 0 Å². The molecule has 0 aliphatic rings. The van der Waals surface area contributed by atoms with Crippen molar-refractivity contribution in [3.63, 3.8) is 0 Å². The average Bonchev–Trinajstić information content (AvgIpc) is 2.95. The molecule has 0 unspecified atom stereocenters. The minimum Gasteiger partial charge on any atom is -0.486 e. The van der Waals surface area contributed by atoms with Crippen molar-refractivity contribution in [3.05, 3.63) is 65.8 Å². The van der Waals surface area contributed by atoms with E-state index in [1.165, 1.54) is 0 Å². The first-order valence-corrected chi connectivity index (χ1v) is 6.95. The highest BCUT2D eigenvalue weighted by molar-refractivity contribution is 5.53. The van der Waals surface area contributed by atoms with E-state index in [2.05, 4.69) is 9.97 Å². The summed E-state index contributed by atoms with van der Waals surface area (Å²) in [6, 6.07) is 11.5. The summed E-state index contributed by atoms with van der Waals surface area (Å²) in [5, 5.41) is 9.10. The maximum Gasteiger partial charge on any atom is 0.226 e. The van der Waals surface area contributed by atoms with Crippen LogP contribution in [0.25, 0.3) is 11.5 Å². The molecular weight excluding hydrogens is 280 g/mol. The summed E-state index contributed by atoms with van der Waals surface area (Å²) in [7, 11) is 0. The van der Waals surface area contributed by atoms with Crippen molar-refractivity contribution in [2.75, 3.05) is 0 Å². The van der Waals surface area contributed by atoms with Gasteiger partial charge in [0.15, 0.2) is 0 Å². The second-order valence-electron chi connectivity index (χ2n) is 4.86. The lowest BCUT2D eigenvalue weighted by molar-refractivity contribution is 0.276. The van der Waals surface area contributed by atoms with Gasteiger partial charge in [-0.3, -0.25) is 4.98 Å². The maximum atomic E-state index is 9.10. The van der Waals surface area contributed by atoms with E-state index in [4.69, 9.17) is 14.3 Å². The highest BCUT2D eigenvalue weighted by Crippen LogP contribution is 2.22. The Morgan fingerprint density at radius 3 is 2.77 bits per heavy atom. The summed E-state index contributed by atoms with van der Waals surface area (Å²) in [5.74, 6) is 1.90. The average molecular weight is 296 g/mol. The van der Waals surface area contributed by atoms with Gasteiger partial charge in [-0.25, -0.2) is 4.98 Å². The Labute approximate surface area is 128 Å². The molecule has 3 aromatic rings. The van der Waals surface area contributed by atoms with Crippen molar-refractivity contribution < 1.29 is 14.3 Å². The van der Waals surface area contributed by atoms with Gasteiger partial charge < -0.3 is 14.3 Å². The summed E-state index contributed by atoms with van der Waals surface area (Å²) in [5.41, 5.74) is 2.38. The Balaban J connectivity index is 1.74. The van der Waals surface area contributed by atoms with E-state index in [1.807, 2.05) is 37.3 Å². The molecule has 0 aliphatic heterocycles. The zero-order valence-corrected chi connectivity index (χ0v) is 12.2. The van der Waals surface area contributed by atoms with Gasteiger partial charge in [-0.05, 0) is 30.7 Å². The van der Waals surface area contributed by atoms with Crippen LogP contribution in [0.3, 0.4) is 0 Å². The lowest BCUT2D eigenvalue weighted by Crippen LogP contribution is -1.99. The zero-order valence-electron chi connectivity index (χ0n) is 12.2. The SMILES string of the molecule is Cc1oc(-c2ccccc2)nc1COc1cncc(CO)c1. The number of ether oxygens (including phenoxy) is 1. The van der Waals surface area contributed by atoms with E-state index < -0.39 is 0 Å². The fourth-order valence-corrected chi connectivity index (χ4v) is 2.05. The number of hydrogen-bond acceptors (Lipinski definition) is 5.